The van der Waals surface area contributed by atoms with Crippen LogP contribution < -0.4 is 5.32 Å². The molecular formula is C32H52N2O3. The third-order valence-corrected chi connectivity index (χ3v) is 12.7. The first kappa shape index (κ1) is 27.2. The Balaban J connectivity index is 1.16. The number of likely N-dealkylation sites (tertiary alicyclic amines) is 1. The van der Waals surface area contributed by atoms with Gasteiger partial charge in [-0.25, -0.2) is 0 Å². The molecule has 5 aliphatic rings. The molecule has 5 nitrogen and oxygen atoms in total. The first-order valence-electron chi connectivity index (χ1n) is 15.6. The van der Waals surface area contributed by atoms with Crippen LogP contribution in [0, 0.1) is 46.3 Å². The highest BCUT2D eigenvalue weighted by Gasteiger charge is 2.60. The van der Waals surface area contributed by atoms with E-state index in [4.69, 9.17) is 0 Å². The van der Waals surface area contributed by atoms with Crippen LogP contribution >= 0.6 is 0 Å². The summed E-state index contributed by atoms with van der Waals surface area (Å²) >= 11 is 0. The number of ketones is 1. The first-order valence-corrected chi connectivity index (χ1v) is 15.6. The quantitative estimate of drug-likeness (QED) is 0.464. The zero-order valence-electron chi connectivity index (χ0n) is 24.2. The van der Waals surface area contributed by atoms with Gasteiger partial charge in [0.05, 0.1) is 6.04 Å². The minimum absolute atomic E-state index is 0.00490. The van der Waals surface area contributed by atoms with Gasteiger partial charge in [-0.05, 0) is 117 Å². The van der Waals surface area contributed by atoms with E-state index in [0.29, 0.717) is 36.1 Å². The molecule has 0 bridgehead atoms. The van der Waals surface area contributed by atoms with Crippen LogP contribution in [0.1, 0.15) is 118 Å². The predicted octanol–water partition coefficient (Wildman–Crippen LogP) is 6.15. The van der Waals surface area contributed by atoms with Crippen molar-refractivity contribution in [2.75, 3.05) is 6.54 Å². The normalized spacial score (nSPS) is 43.9. The second kappa shape index (κ2) is 10.3. The number of hydrogen-bond donors (Lipinski definition) is 1. The molecule has 1 N–H and O–H groups in total. The molecule has 5 rings (SSSR count). The number of Topliss-reactive ketones (excluding diaryl/α,β-unsaturated/α-hetero) is 1. The highest BCUT2D eigenvalue weighted by Crippen LogP contribution is 2.68. The minimum Gasteiger partial charge on any atom is -0.351 e. The predicted molar refractivity (Wildman–Crippen MR) is 147 cm³/mol. The standard InChI is InChI=1S/C32H52N2O3/c1-20(9-14-30(37)33-24-18-29(21(2)35)34(19-24)22(3)36)26-12-13-27-25-11-10-23-8-6-7-16-31(23,4)28(25)15-17-32(26,27)5/h20,23-29H,6-19H2,1-5H3,(H,33,37)/t20-,23?,24+,25?,26-,27?,28?,29+,31+,32-/m1/s1. The third-order valence-electron chi connectivity index (χ3n) is 12.7. The molecule has 5 heteroatoms. The maximum Gasteiger partial charge on any atom is 0.220 e. The monoisotopic (exact) mass is 512 g/mol. The maximum atomic E-state index is 12.9. The summed E-state index contributed by atoms with van der Waals surface area (Å²) < 4.78 is 0. The van der Waals surface area contributed by atoms with Crippen LogP contribution in [-0.2, 0) is 14.4 Å². The van der Waals surface area contributed by atoms with Gasteiger partial charge >= 0.3 is 0 Å². The molecule has 0 aromatic rings. The number of hydrogen-bond acceptors (Lipinski definition) is 3. The van der Waals surface area contributed by atoms with E-state index in [-0.39, 0.29) is 23.6 Å². The summed E-state index contributed by atoms with van der Waals surface area (Å²) in [5, 5.41) is 3.14. The lowest BCUT2D eigenvalue weighted by Gasteiger charge is -2.61. The van der Waals surface area contributed by atoms with Crippen LogP contribution in [0.2, 0.25) is 0 Å². The minimum atomic E-state index is -0.391. The van der Waals surface area contributed by atoms with Crippen molar-refractivity contribution in [1.82, 2.24) is 10.2 Å². The number of carbonyl (C=O) groups is 3. The molecule has 0 aromatic heterocycles. The fourth-order valence-electron chi connectivity index (χ4n) is 10.8. The number of amides is 2. The lowest BCUT2D eigenvalue weighted by atomic mass is 9.44. The molecule has 5 fully saturated rings. The van der Waals surface area contributed by atoms with Gasteiger partial charge in [0.25, 0.3) is 0 Å². The fourth-order valence-corrected chi connectivity index (χ4v) is 10.8. The van der Waals surface area contributed by atoms with Gasteiger partial charge in [0.1, 0.15) is 0 Å². The van der Waals surface area contributed by atoms with Crippen molar-refractivity contribution in [2.24, 2.45) is 46.3 Å². The Morgan fingerprint density at radius 1 is 0.919 bits per heavy atom. The average molecular weight is 513 g/mol. The largest absolute Gasteiger partial charge is 0.351 e. The molecular weight excluding hydrogens is 460 g/mol. The van der Waals surface area contributed by atoms with Gasteiger partial charge in [-0.1, -0.05) is 33.6 Å². The SMILES string of the molecule is CC(=O)[C@@H]1C[C@H](NC(=O)CC[C@@H](C)[C@H]2CCC3C4CCC5CCCC[C@]5(C)C4CC[C@@]32C)CN1C(C)=O. The molecule has 0 aromatic carbocycles. The lowest BCUT2D eigenvalue weighted by molar-refractivity contribution is -0.135. The summed E-state index contributed by atoms with van der Waals surface area (Å²) in [7, 11) is 0. The Morgan fingerprint density at radius 2 is 1.68 bits per heavy atom. The van der Waals surface area contributed by atoms with E-state index < -0.39 is 6.04 Å². The second-order valence-corrected chi connectivity index (χ2v) is 14.4. The molecule has 0 radical (unpaired) electrons. The van der Waals surface area contributed by atoms with Crippen LogP contribution in [-0.4, -0.2) is 41.1 Å². The van der Waals surface area contributed by atoms with E-state index in [1.54, 1.807) is 4.90 Å². The summed E-state index contributed by atoms with van der Waals surface area (Å²) in [5.74, 6) is 5.02. The van der Waals surface area contributed by atoms with Crippen molar-refractivity contribution in [2.45, 2.75) is 130 Å². The van der Waals surface area contributed by atoms with Gasteiger partial charge in [-0.3, -0.25) is 14.4 Å². The second-order valence-electron chi connectivity index (χ2n) is 14.4. The number of fused-ring (bicyclic) bond motifs is 5. The molecule has 1 aliphatic heterocycles. The lowest BCUT2D eigenvalue weighted by Crippen LogP contribution is -2.53. The molecule has 37 heavy (non-hydrogen) atoms. The van der Waals surface area contributed by atoms with Gasteiger partial charge in [0.2, 0.25) is 11.8 Å². The van der Waals surface area contributed by atoms with Crippen molar-refractivity contribution >= 4 is 17.6 Å². The number of rotatable bonds is 6. The summed E-state index contributed by atoms with van der Waals surface area (Å²) in [6.45, 7) is 11.2. The third kappa shape index (κ3) is 4.80. The van der Waals surface area contributed by atoms with Crippen molar-refractivity contribution in [3.8, 4) is 0 Å². The Labute approximate surface area is 225 Å². The van der Waals surface area contributed by atoms with Crippen LogP contribution in [0.25, 0.3) is 0 Å². The number of nitrogens with zero attached hydrogens (tertiary/aromatic N) is 1. The number of nitrogens with one attached hydrogen (secondary N) is 1. The molecule has 208 valence electrons. The number of carbonyl (C=O) groups excluding carboxylic acids is 3. The molecule has 1 saturated heterocycles. The highest BCUT2D eigenvalue weighted by atomic mass is 16.2. The molecule has 4 aliphatic carbocycles. The van der Waals surface area contributed by atoms with Crippen molar-refractivity contribution in [3.05, 3.63) is 0 Å². The Hall–Kier alpha value is -1.39. The molecule has 4 unspecified atom stereocenters. The first-order chi connectivity index (χ1) is 17.5. The molecule has 10 atom stereocenters. The van der Waals surface area contributed by atoms with Crippen LogP contribution in [0.3, 0.4) is 0 Å². The fraction of sp³-hybridized carbons (Fsp3) is 0.906. The van der Waals surface area contributed by atoms with Crippen molar-refractivity contribution in [3.63, 3.8) is 0 Å². The Kier molecular flexibility index (Phi) is 7.57. The van der Waals surface area contributed by atoms with Gasteiger partial charge in [-0.2, -0.15) is 0 Å². The van der Waals surface area contributed by atoms with Crippen LogP contribution in [0.15, 0.2) is 0 Å². The molecule has 1 heterocycles. The van der Waals surface area contributed by atoms with E-state index in [1.165, 1.54) is 78.1 Å². The van der Waals surface area contributed by atoms with Gasteiger partial charge in [0, 0.05) is 25.9 Å². The smallest absolute Gasteiger partial charge is 0.220 e. The van der Waals surface area contributed by atoms with E-state index in [0.717, 1.165) is 36.0 Å². The summed E-state index contributed by atoms with van der Waals surface area (Å²) in [6, 6.07) is -0.501. The van der Waals surface area contributed by atoms with E-state index in [2.05, 4.69) is 26.1 Å². The molecule has 0 spiro atoms. The van der Waals surface area contributed by atoms with Crippen molar-refractivity contribution in [1.29, 1.82) is 0 Å². The summed E-state index contributed by atoms with van der Waals surface area (Å²) in [5.41, 5.74) is 1.04. The van der Waals surface area contributed by atoms with E-state index >= 15 is 0 Å². The van der Waals surface area contributed by atoms with Gasteiger partial charge in [0.15, 0.2) is 5.78 Å². The van der Waals surface area contributed by atoms with Crippen molar-refractivity contribution < 1.29 is 14.4 Å². The Bertz CT molecular complexity index is 880. The zero-order chi connectivity index (χ0) is 26.5. The average Bonchev–Trinajstić information content (AvgIpc) is 3.43. The van der Waals surface area contributed by atoms with E-state index in [1.807, 2.05) is 0 Å². The molecule has 4 saturated carbocycles. The Morgan fingerprint density at radius 3 is 2.38 bits per heavy atom. The summed E-state index contributed by atoms with van der Waals surface area (Å²) in [4.78, 5) is 38.4. The van der Waals surface area contributed by atoms with E-state index in [9.17, 15) is 14.4 Å². The van der Waals surface area contributed by atoms with Gasteiger partial charge in [-0.15, -0.1) is 0 Å². The van der Waals surface area contributed by atoms with Crippen LogP contribution in [0.5, 0.6) is 0 Å². The zero-order valence-corrected chi connectivity index (χ0v) is 24.2. The van der Waals surface area contributed by atoms with Gasteiger partial charge < -0.3 is 10.2 Å². The topological polar surface area (TPSA) is 66.5 Å². The summed E-state index contributed by atoms with van der Waals surface area (Å²) in [6.07, 6.45) is 16.4. The molecule has 2 amide bonds. The highest BCUT2D eigenvalue weighted by molar-refractivity contribution is 5.87. The maximum absolute atomic E-state index is 12.9. The van der Waals surface area contributed by atoms with Crippen LogP contribution in [0.4, 0.5) is 0 Å².